The minimum Gasteiger partial charge on any atom is -0.493 e. The van der Waals surface area contributed by atoms with E-state index in [4.69, 9.17) is 18.9 Å². The Morgan fingerprint density at radius 3 is 1.90 bits per heavy atom. The van der Waals surface area contributed by atoms with Crippen LogP contribution in [0.5, 0.6) is 17.2 Å². The quantitative estimate of drug-likeness (QED) is 0.0879. The van der Waals surface area contributed by atoms with E-state index in [-0.39, 0.29) is 12.1 Å². The van der Waals surface area contributed by atoms with Gasteiger partial charge in [0.1, 0.15) is 17.2 Å². The second kappa shape index (κ2) is 17.8. The van der Waals surface area contributed by atoms with Crippen LogP contribution in [0.2, 0.25) is 0 Å². The standard InChI is InChI=1S/C35H44O6/c1-4-6-8-9-11-27(3)40-32-23-17-30(18-24-32)35(37)41-33-21-15-29(16-22-33)28-13-19-31(20-14-28)38-25-10-26-39-34(36)12-7-5-2/h13-24,27H,4-12,25-26H2,1-3H3. The Morgan fingerprint density at radius 1 is 0.659 bits per heavy atom. The largest absolute Gasteiger partial charge is 0.493 e. The van der Waals surface area contributed by atoms with Gasteiger partial charge in [0.05, 0.1) is 24.9 Å². The number of unbranched alkanes of at least 4 members (excludes halogenated alkanes) is 4. The van der Waals surface area contributed by atoms with Crippen LogP contribution in [-0.2, 0) is 9.53 Å². The normalized spacial score (nSPS) is 11.5. The zero-order valence-electron chi connectivity index (χ0n) is 24.7. The molecular weight excluding hydrogens is 516 g/mol. The minimum atomic E-state index is -0.408. The van der Waals surface area contributed by atoms with Gasteiger partial charge in [-0.15, -0.1) is 0 Å². The predicted molar refractivity (Wildman–Crippen MR) is 163 cm³/mol. The number of esters is 2. The molecule has 3 rings (SSSR count). The van der Waals surface area contributed by atoms with Gasteiger partial charge in [0.2, 0.25) is 0 Å². The molecule has 1 atom stereocenters. The average Bonchev–Trinajstić information content (AvgIpc) is 2.99. The van der Waals surface area contributed by atoms with E-state index >= 15 is 0 Å². The van der Waals surface area contributed by atoms with Crippen molar-refractivity contribution in [3.05, 3.63) is 78.4 Å². The van der Waals surface area contributed by atoms with E-state index in [1.54, 1.807) is 24.3 Å². The summed E-state index contributed by atoms with van der Waals surface area (Å²) in [6.07, 6.45) is 9.02. The molecule has 0 aromatic heterocycles. The van der Waals surface area contributed by atoms with E-state index in [1.165, 1.54) is 19.3 Å². The molecule has 0 fully saturated rings. The molecule has 3 aromatic rings. The Kier molecular flexibility index (Phi) is 13.8. The van der Waals surface area contributed by atoms with Crippen LogP contribution in [0.3, 0.4) is 0 Å². The summed E-state index contributed by atoms with van der Waals surface area (Å²) in [5.41, 5.74) is 2.50. The van der Waals surface area contributed by atoms with Gasteiger partial charge in [-0.1, -0.05) is 63.8 Å². The van der Waals surface area contributed by atoms with E-state index < -0.39 is 5.97 Å². The fraction of sp³-hybridized carbons (Fsp3) is 0.429. The van der Waals surface area contributed by atoms with Crippen molar-refractivity contribution in [2.45, 2.75) is 84.7 Å². The highest BCUT2D eigenvalue weighted by Gasteiger charge is 2.11. The monoisotopic (exact) mass is 560 g/mol. The van der Waals surface area contributed by atoms with Gasteiger partial charge in [0, 0.05) is 12.8 Å². The van der Waals surface area contributed by atoms with Gasteiger partial charge in [0.15, 0.2) is 0 Å². The van der Waals surface area contributed by atoms with Crippen molar-refractivity contribution in [2.24, 2.45) is 0 Å². The molecule has 0 bridgehead atoms. The lowest BCUT2D eigenvalue weighted by Gasteiger charge is -2.14. The van der Waals surface area contributed by atoms with E-state index in [1.807, 2.05) is 55.5 Å². The average molecular weight is 561 g/mol. The Hall–Kier alpha value is -3.80. The van der Waals surface area contributed by atoms with Gasteiger partial charge in [-0.05, 0) is 85.8 Å². The molecule has 0 aliphatic carbocycles. The number of hydrogen-bond acceptors (Lipinski definition) is 6. The summed E-state index contributed by atoms with van der Waals surface area (Å²) in [7, 11) is 0. The fourth-order valence-corrected chi connectivity index (χ4v) is 4.27. The highest BCUT2D eigenvalue weighted by atomic mass is 16.5. The third kappa shape index (κ3) is 11.7. The molecule has 3 aromatic carbocycles. The summed E-state index contributed by atoms with van der Waals surface area (Å²) in [6.45, 7) is 7.19. The minimum absolute atomic E-state index is 0.143. The highest BCUT2D eigenvalue weighted by molar-refractivity contribution is 5.91. The van der Waals surface area contributed by atoms with Gasteiger partial charge < -0.3 is 18.9 Å². The number of carbonyl (C=O) groups excluding carboxylic acids is 2. The summed E-state index contributed by atoms with van der Waals surface area (Å²) >= 11 is 0. The molecule has 0 N–H and O–H groups in total. The Morgan fingerprint density at radius 2 is 1.27 bits per heavy atom. The molecule has 1 unspecified atom stereocenters. The van der Waals surface area contributed by atoms with Crippen molar-refractivity contribution in [3.8, 4) is 28.4 Å². The van der Waals surface area contributed by atoms with Crippen LogP contribution >= 0.6 is 0 Å². The molecule has 41 heavy (non-hydrogen) atoms. The Balaban J connectivity index is 1.41. The van der Waals surface area contributed by atoms with E-state index in [0.29, 0.717) is 37.4 Å². The molecule has 0 amide bonds. The predicted octanol–water partition coefficient (Wildman–Crippen LogP) is 8.81. The lowest BCUT2D eigenvalue weighted by molar-refractivity contribution is -0.144. The van der Waals surface area contributed by atoms with Gasteiger partial charge in [-0.25, -0.2) is 4.79 Å². The fourth-order valence-electron chi connectivity index (χ4n) is 4.27. The molecule has 0 saturated heterocycles. The SMILES string of the molecule is CCCCCCC(C)Oc1ccc(C(=O)Oc2ccc(-c3ccc(OCCCOC(=O)CCCC)cc3)cc2)cc1. The van der Waals surface area contributed by atoms with Gasteiger partial charge >= 0.3 is 11.9 Å². The number of rotatable bonds is 18. The maximum atomic E-state index is 12.6. The van der Waals surface area contributed by atoms with Gasteiger partial charge in [-0.2, -0.15) is 0 Å². The molecule has 0 spiro atoms. The van der Waals surface area contributed by atoms with Crippen molar-refractivity contribution >= 4 is 11.9 Å². The Bertz CT molecular complexity index is 1170. The molecule has 6 nitrogen and oxygen atoms in total. The van der Waals surface area contributed by atoms with Crippen LogP contribution in [0.25, 0.3) is 11.1 Å². The van der Waals surface area contributed by atoms with Crippen LogP contribution < -0.4 is 14.2 Å². The summed E-state index contributed by atoms with van der Waals surface area (Å²) in [5, 5.41) is 0. The second-order valence-corrected chi connectivity index (χ2v) is 10.3. The lowest BCUT2D eigenvalue weighted by atomic mass is 10.1. The summed E-state index contributed by atoms with van der Waals surface area (Å²) in [6, 6.07) is 22.3. The molecule has 0 aliphatic heterocycles. The Labute approximate surface area is 245 Å². The number of carbonyl (C=O) groups is 2. The molecule has 6 heteroatoms. The zero-order chi connectivity index (χ0) is 29.3. The molecule has 0 aliphatic rings. The second-order valence-electron chi connectivity index (χ2n) is 10.3. The van der Waals surface area contributed by atoms with Crippen LogP contribution in [-0.4, -0.2) is 31.3 Å². The molecule has 220 valence electrons. The molecule has 0 heterocycles. The highest BCUT2D eigenvalue weighted by Crippen LogP contribution is 2.25. The first-order chi connectivity index (χ1) is 20.0. The topological polar surface area (TPSA) is 71.1 Å². The maximum Gasteiger partial charge on any atom is 0.343 e. The van der Waals surface area contributed by atoms with Gasteiger partial charge in [0.25, 0.3) is 0 Å². The maximum absolute atomic E-state index is 12.6. The van der Waals surface area contributed by atoms with Crippen molar-refractivity contribution in [3.63, 3.8) is 0 Å². The van der Waals surface area contributed by atoms with E-state index in [0.717, 1.165) is 48.3 Å². The van der Waals surface area contributed by atoms with Crippen molar-refractivity contribution < 1.29 is 28.5 Å². The van der Waals surface area contributed by atoms with E-state index in [9.17, 15) is 9.59 Å². The number of hydrogen-bond donors (Lipinski definition) is 0. The third-order valence-corrected chi connectivity index (χ3v) is 6.70. The summed E-state index contributed by atoms with van der Waals surface area (Å²) < 4.78 is 22.5. The van der Waals surface area contributed by atoms with Crippen LogP contribution in [0.15, 0.2) is 72.8 Å². The molecule has 0 saturated carbocycles. The van der Waals surface area contributed by atoms with Crippen LogP contribution in [0.4, 0.5) is 0 Å². The molecular formula is C35H44O6. The first-order valence-electron chi connectivity index (χ1n) is 15.0. The van der Waals surface area contributed by atoms with Gasteiger partial charge in [-0.3, -0.25) is 4.79 Å². The summed E-state index contributed by atoms with van der Waals surface area (Å²) in [5.74, 6) is 1.45. The van der Waals surface area contributed by atoms with Crippen molar-refractivity contribution in [1.29, 1.82) is 0 Å². The first-order valence-corrected chi connectivity index (χ1v) is 15.0. The third-order valence-electron chi connectivity index (χ3n) is 6.70. The van der Waals surface area contributed by atoms with Crippen molar-refractivity contribution in [2.75, 3.05) is 13.2 Å². The smallest absolute Gasteiger partial charge is 0.343 e. The van der Waals surface area contributed by atoms with Crippen molar-refractivity contribution in [1.82, 2.24) is 0 Å². The summed E-state index contributed by atoms with van der Waals surface area (Å²) in [4.78, 5) is 24.2. The zero-order valence-corrected chi connectivity index (χ0v) is 24.7. The first kappa shape index (κ1) is 31.7. The lowest BCUT2D eigenvalue weighted by Crippen LogP contribution is -2.12. The number of ether oxygens (including phenoxy) is 4. The van der Waals surface area contributed by atoms with Crippen LogP contribution in [0.1, 0.15) is 88.9 Å². The number of benzene rings is 3. The van der Waals surface area contributed by atoms with Crippen LogP contribution in [0, 0.1) is 0 Å². The molecule has 0 radical (unpaired) electrons. The van der Waals surface area contributed by atoms with E-state index in [2.05, 4.69) is 13.8 Å².